The van der Waals surface area contributed by atoms with Crippen LogP contribution in [0.1, 0.15) is 0 Å². The summed E-state index contributed by atoms with van der Waals surface area (Å²) in [7, 11) is 0. The molecule has 5 nitrogen and oxygen atoms in total. The van der Waals surface area contributed by atoms with E-state index >= 15 is 0 Å². The molecule has 0 rings (SSSR count). The maximum absolute atomic E-state index is 0. The Labute approximate surface area is 60.2 Å². The Kier molecular flexibility index (Phi) is 8530. The first-order valence-corrected chi connectivity index (χ1v) is 0. The second kappa shape index (κ2) is 174. The molecule has 0 aliphatic carbocycles. The van der Waals surface area contributed by atoms with Gasteiger partial charge in [0, 0.05) is 32.7 Å². The third-order valence-corrected chi connectivity index (χ3v) is 0. The molecular weight excluding hydrogens is 169 g/mol. The third-order valence-electron chi connectivity index (χ3n) is 0. The summed E-state index contributed by atoms with van der Waals surface area (Å²) >= 11 is 0. The van der Waals surface area contributed by atoms with Gasteiger partial charge in [0.05, 0.1) is 0 Å². The molecule has 0 bridgehead atoms. The summed E-state index contributed by atoms with van der Waals surface area (Å²) < 4.78 is 0. The van der Waals surface area contributed by atoms with Crippen LogP contribution in [0.25, 0.3) is 0 Å². The minimum Gasteiger partial charge on any atom is -0.412 e. The first-order valence-electron chi connectivity index (χ1n) is 0. The van der Waals surface area contributed by atoms with Gasteiger partial charge in [-0.2, -0.15) is 0 Å². The van der Waals surface area contributed by atoms with Gasteiger partial charge in [0.2, 0.25) is 0 Å². The first kappa shape index (κ1) is 295. The van der Waals surface area contributed by atoms with E-state index in [-0.39, 0.29) is 60.1 Å². The monoisotopic (exact) mass is 179 g/mol. The second-order valence-corrected chi connectivity index (χ2v) is 0. The molecule has 1 radical (unpaired) electrons. The van der Waals surface area contributed by atoms with Gasteiger partial charge < -0.3 is 27.4 Å². The molecule has 0 aliphatic rings. The summed E-state index contributed by atoms with van der Waals surface area (Å²) in [6, 6.07) is 0. The molecule has 43 valence electrons. The van der Waals surface area contributed by atoms with Gasteiger partial charge in [-0.1, -0.05) is 0 Å². The van der Waals surface area contributed by atoms with Gasteiger partial charge in [-0.05, 0) is 0 Å². The van der Waals surface area contributed by atoms with Crippen molar-refractivity contribution in [3.63, 3.8) is 0 Å². The zero-order valence-corrected chi connectivity index (χ0v) is 5.92. The minimum atomic E-state index is 0. The smallest absolute Gasteiger partial charge is 0 e. The van der Waals surface area contributed by atoms with Crippen molar-refractivity contribution in [2.24, 2.45) is 0 Å². The maximum Gasteiger partial charge on any atom is 0 e. The van der Waals surface area contributed by atoms with Gasteiger partial charge in [0.25, 0.3) is 0 Å². The van der Waals surface area contributed by atoms with Crippen LogP contribution in [-0.2, 0) is 32.7 Å². The number of hydrogen-bond donors (Lipinski definition) is 0. The topological polar surface area (TPSA) is 158 Å². The van der Waals surface area contributed by atoms with Gasteiger partial charge >= 0.3 is 0 Å². The summed E-state index contributed by atoms with van der Waals surface area (Å²) in [6.45, 7) is 0. The van der Waals surface area contributed by atoms with Crippen molar-refractivity contribution in [3.8, 4) is 0 Å². The molecule has 0 amide bonds. The van der Waals surface area contributed by atoms with Crippen molar-refractivity contribution in [3.05, 3.63) is 0 Å². The molecule has 0 atom stereocenters. The zero-order chi connectivity index (χ0) is 0. The van der Waals surface area contributed by atoms with Crippen molar-refractivity contribution in [2.75, 3.05) is 0 Å². The Morgan fingerprint density at radius 1 is 0.333 bits per heavy atom. The van der Waals surface area contributed by atoms with Gasteiger partial charge in [-0.15, -0.1) is 0 Å². The van der Waals surface area contributed by atoms with Crippen LogP contribution < -0.4 is 0 Å². The van der Waals surface area contributed by atoms with E-state index in [1.165, 1.54) is 0 Å². The van der Waals surface area contributed by atoms with E-state index in [1.54, 1.807) is 0 Å². The van der Waals surface area contributed by atoms with Crippen LogP contribution in [0.3, 0.4) is 0 Å². The Balaban J connectivity index is 0. The maximum atomic E-state index is 0. The zero-order valence-electron chi connectivity index (χ0n) is 3.08. The Bertz CT molecular complexity index is 3.90. The van der Waals surface area contributed by atoms with Crippen molar-refractivity contribution < 1.29 is 60.1 Å². The van der Waals surface area contributed by atoms with Crippen molar-refractivity contribution in [1.82, 2.24) is 0 Å². The van der Waals surface area contributed by atoms with E-state index < -0.39 is 0 Å². The fourth-order valence-electron chi connectivity index (χ4n) is 0. The summed E-state index contributed by atoms with van der Waals surface area (Å²) in [5.74, 6) is 0. The van der Waals surface area contributed by atoms with Crippen LogP contribution in [0.2, 0.25) is 0 Å². The predicted molar refractivity (Wildman–Crippen MR) is 18.1 cm³/mol. The van der Waals surface area contributed by atoms with Gasteiger partial charge in [-0.3, -0.25) is 0 Å². The summed E-state index contributed by atoms with van der Waals surface area (Å²) in [5, 5.41) is 0. The van der Waals surface area contributed by atoms with Gasteiger partial charge in [0.1, 0.15) is 0 Å². The van der Waals surface area contributed by atoms with E-state index in [0.29, 0.717) is 0 Å². The summed E-state index contributed by atoms with van der Waals surface area (Å²) in [5.41, 5.74) is 0. The molecule has 0 heterocycles. The van der Waals surface area contributed by atoms with E-state index in [4.69, 9.17) is 0 Å². The Morgan fingerprint density at radius 2 is 0.333 bits per heavy atom. The molecule has 0 aromatic heterocycles. The molecule has 10 N–H and O–H groups in total. The van der Waals surface area contributed by atoms with E-state index in [0.717, 1.165) is 0 Å². The molecule has 6 heteroatoms. The van der Waals surface area contributed by atoms with Crippen LogP contribution in [0.5, 0.6) is 0 Å². The normalized spacial score (nSPS) is 0. The third kappa shape index (κ3) is 91.5. The SMILES string of the molecule is O.O.O.O.O.[Y]. The van der Waals surface area contributed by atoms with Crippen molar-refractivity contribution >= 4 is 0 Å². The fourth-order valence-corrected chi connectivity index (χ4v) is 0. The summed E-state index contributed by atoms with van der Waals surface area (Å²) in [4.78, 5) is 0. The average Bonchev–Trinajstić information content (AvgIpc) is 0. The largest absolute Gasteiger partial charge is 0.412 e. The fraction of sp³-hybridized carbons (Fsp3) is 0. The number of rotatable bonds is 0. The minimum absolute atomic E-state index is 0. The predicted octanol–water partition coefficient (Wildman–Crippen LogP) is -4.13. The molecule has 0 aromatic rings. The van der Waals surface area contributed by atoms with Crippen LogP contribution in [-0.4, -0.2) is 27.4 Å². The summed E-state index contributed by atoms with van der Waals surface area (Å²) in [6.07, 6.45) is 0. The molecule has 0 aliphatic heterocycles. The van der Waals surface area contributed by atoms with Crippen molar-refractivity contribution in [1.29, 1.82) is 0 Å². The molecule has 0 spiro atoms. The Hall–Kier alpha value is 0.904. The van der Waals surface area contributed by atoms with Gasteiger partial charge in [-0.25, -0.2) is 0 Å². The second-order valence-electron chi connectivity index (χ2n) is 0. The van der Waals surface area contributed by atoms with E-state index in [1.807, 2.05) is 0 Å². The Morgan fingerprint density at radius 3 is 0.333 bits per heavy atom. The molecule has 0 saturated carbocycles. The first-order chi connectivity index (χ1) is 0. The molecule has 0 unspecified atom stereocenters. The van der Waals surface area contributed by atoms with Crippen LogP contribution >= 0.6 is 0 Å². The molecule has 0 fully saturated rings. The van der Waals surface area contributed by atoms with Crippen LogP contribution in [0.4, 0.5) is 0 Å². The molecular formula is H10O5Y. The average molecular weight is 179 g/mol. The molecule has 0 aromatic carbocycles. The molecule has 6 heavy (non-hydrogen) atoms. The van der Waals surface area contributed by atoms with Crippen molar-refractivity contribution in [2.45, 2.75) is 0 Å². The van der Waals surface area contributed by atoms with E-state index in [2.05, 4.69) is 0 Å². The standard InChI is InChI=1S/5H2O.Y/h5*1H2;. The quantitative estimate of drug-likeness (QED) is 0.353. The number of hydrogen-bond acceptors (Lipinski definition) is 0. The van der Waals surface area contributed by atoms with Crippen LogP contribution in [0.15, 0.2) is 0 Å². The van der Waals surface area contributed by atoms with Gasteiger partial charge in [0.15, 0.2) is 0 Å². The molecule has 0 saturated heterocycles. The van der Waals surface area contributed by atoms with Crippen LogP contribution in [0, 0.1) is 0 Å². The van der Waals surface area contributed by atoms with E-state index in [9.17, 15) is 0 Å².